The second-order valence-corrected chi connectivity index (χ2v) is 5.04. The average Bonchev–Trinajstić information content (AvgIpc) is 3.16. The van der Waals surface area contributed by atoms with Gasteiger partial charge in [0, 0.05) is 26.0 Å². The van der Waals surface area contributed by atoms with Gasteiger partial charge in [-0.3, -0.25) is 9.08 Å². The van der Waals surface area contributed by atoms with Gasteiger partial charge in [-0.1, -0.05) is 6.07 Å². The normalized spacial score (nSPS) is 11.3. The number of rotatable bonds is 5. The SMILES string of the molecule is CCNC(=NCc1ccnn1C)NCc1nnc2ccccn12.I. The van der Waals surface area contributed by atoms with Gasteiger partial charge >= 0.3 is 0 Å². The van der Waals surface area contributed by atoms with Crippen molar-refractivity contribution in [1.29, 1.82) is 0 Å². The molecule has 0 atom stereocenters. The van der Waals surface area contributed by atoms with E-state index >= 15 is 0 Å². The molecule has 0 spiro atoms. The van der Waals surface area contributed by atoms with E-state index in [-0.39, 0.29) is 24.0 Å². The zero-order valence-corrected chi connectivity index (χ0v) is 16.0. The van der Waals surface area contributed by atoms with Crippen LogP contribution in [-0.4, -0.2) is 36.9 Å². The molecule has 0 radical (unpaired) electrons. The van der Waals surface area contributed by atoms with E-state index in [0.717, 1.165) is 29.7 Å². The van der Waals surface area contributed by atoms with Crippen LogP contribution in [0, 0.1) is 0 Å². The van der Waals surface area contributed by atoms with Crippen LogP contribution in [0.3, 0.4) is 0 Å². The molecule has 24 heavy (non-hydrogen) atoms. The molecule has 0 aliphatic carbocycles. The molecule has 3 aromatic rings. The summed E-state index contributed by atoms with van der Waals surface area (Å²) in [5.74, 6) is 1.58. The van der Waals surface area contributed by atoms with Gasteiger partial charge in [-0.05, 0) is 25.1 Å². The first kappa shape index (κ1) is 18.2. The Balaban J connectivity index is 0.00000208. The Hall–Kier alpha value is -2.17. The predicted octanol–water partition coefficient (Wildman–Crippen LogP) is 1.34. The predicted molar refractivity (Wildman–Crippen MR) is 103 cm³/mol. The molecule has 8 nitrogen and oxygen atoms in total. The largest absolute Gasteiger partial charge is 0.357 e. The third-order valence-electron chi connectivity index (χ3n) is 3.46. The summed E-state index contributed by atoms with van der Waals surface area (Å²) >= 11 is 0. The molecule has 0 aromatic carbocycles. The highest BCUT2D eigenvalue weighted by Crippen LogP contribution is 2.02. The van der Waals surface area contributed by atoms with Crippen LogP contribution in [0.1, 0.15) is 18.4 Å². The molecule has 3 rings (SSSR count). The number of fused-ring (bicyclic) bond motifs is 1. The molecular formula is C15H21IN8. The Morgan fingerprint density at radius 1 is 1.21 bits per heavy atom. The van der Waals surface area contributed by atoms with Gasteiger partial charge in [0.15, 0.2) is 17.4 Å². The number of pyridine rings is 1. The maximum absolute atomic E-state index is 4.57. The van der Waals surface area contributed by atoms with Gasteiger partial charge in [-0.15, -0.1) is 34.2 Å². The second kappa shape index (κ2) is 8.62. The fraction of sp³-hybridized carbons (Fsp3) is 0.333. The van der Waals surface area contributed by atoms with Gasteiger partial charge in [-0.2, -0.15) is 5.10 Å². The number of aliphatic imine (C=N–C) groups is 1. The van der Waals surface area contributed by atoms with E-state index in [1.807, 2.05) is 53.5 Å². The van der Waals surface area contributed by atoms with Crippen LogP contribution >= 0.6 is 24.0 Å². The van der Waals surface area contributed by atoms with Gasteiger partial charge in [0.2, 0.25) is 0 Å². The highest BCUT2D eigenvalue weighted by molar-refractivity contribution is 14.0. The van der Waals surface area contributed by atoms with Crippen molar-refractivity contribution in [1.82, 2.24) is 35.0 Å². The zero-order chi connectivity index (χ0) is 16.1. The smallest absolute Gasteiger partial charge is 0.192 e. The number of aryl methyl sites for hydroxylation is 1. The van der Waals surface area contributed by atoms with Crippen molar-refractivity contribution in [2.24, 2.45) is 12.0 Å². The molecule has 0 amide bonds. The summed E-state index contributed by atoms with van der Waals surface area (Å²) < 4.78 is 3.77. The fourth-order valence-corrected chi connectivity index (χ4v) is 2.23. The Bertz CT molecular complexity index is 807. The summed E-state index contributed by atoms with van der Waals surface area (Å²) in [6.45, 7) is 3.93. The molecule has 0 fully saturated rings. The van der Waals surface area contributed by atoms with Crippen LogP contribution in [0.25, 0.3) is 5.65 Å². The molecule has 3 aromatic heterocycles. The van der Waals surface area contributed by atoms with E-state index in [9.17, 15) is 0 Å². The Morgan fingerprint density at radius 3 is 2.83 bits per heavy atom. The first-order chi connectivity index (χ1) is 11.3. The van der Waals surface area contributed by atoms with Crippen LogP contribution in [-0.2, 0) is 20.1 Å². The molecule has 128 valence electrons. The first-order valence-corrected chi connectivity index (χ1v) is 7.55. The maximum Gasteiger partial charge on any atom is 0.192 e. The molecule has 0 saturated heterocycles. The Kier molecular flexibility index (Phi) is 6.53. The van der Waals surface area contributed by atoms with Crippen molar-refractivity contribution < 1.29 is 0 Å². The maximum atomic E-state index is 4.57. The first-order valence-electron chi connectivity index (χ1n) is 7.55. The number of guanidine groups is 1. The van der Waals surface area contributed by atoms with Crippen molar-refractivity contribution >= 4 is 35.6 Å². The van der Waals surface area contributed by atoms with E-state index < -0.39 is 0 Å². The van der Waals surface area contributed by atoms with Gasteiger partial charge in [0.1, 0.15) is 0 Å². The van der Waals surface area contributed by atoms with Crippen LogP contribution in [0.5, 0.6) is 0 Å². The molecule has 0 aliphatic heterocycles. The van der Waals surface area contributed by atoms with Gasteiger partial charge in [0.25, 0.3) is 0 Å². The topological polar surface area (TPSA) is 84.4 Å². The molecule has 0 aliphatic rings. The highest BCUT2D eigenvalue weighted by atomic mass is 127. The number of nitrogens with one attached hydrogen (secondary N) is 2. The molecule has 0 saturated carbocycles. The lowest BCUT2D eigenvalue weighted by Gasteiger charge is -2.10. The minimum absolute atomic E-state index is 0. The lowest BCUT2D eigenvalue weighted by Crippen LogP contribution is -2.37. The Morgan fingerprint density at radius 2 is 2.08 bits per heavy atom. The summed E-state index contributed by atoms with van der Waals surface area (Å²) in [7, 11) is 1.91. The van der Waals surface area contributed by atoms with Gasteiger partial charge in [-0.25, -0.2) is 4.99 Å². The summed E-state index contributed by atoms with van der Waals surface area (Å²) in [6, 6.07) is 7.79. The quantitative estimate of drug-likeness (QED) is 0.356. The number of aromatic nitrogens is 5. The number of hydrogen-bond donors (Lipinski definition) is 2. The molecule has 9 heteroatoms. The number of hydrogen-bond acceptors (Lipinski definition) is 4. The van der Waals surface area contributed by atoms with E-state index in [4.69, 9.17) is 0 Å². The average molecular weight is 440 g/mol. The number of halogens is 1. The lowest BCUT2D eigenvalue weighted by atomic mass is 10.4. The van der Waals surface area contributed by atoms with E-state index in [2.05, 4.69) is 30.9 Å². The van der Waals surface area contributed by atoms with Crippen molar-refractivity contribution in [2.75, 3.05) is 6.54 Å². The van der Waals surface area contributed by atoms with Crippen molar-refractivity contribution in [3.8, 4) is 0 Å². The standard InChI is InChI=1S/C15H20N8.HI/c1-3-16-15(17-10-12-7-8-19-22(12)2)18-11-14-21-20-13-6-4-5-9-23(13)14;/h4-9H,3,10-11H2,1-2H3,(H2,16,17,18);1H. The van der Waals surface area contributed by atoms with E-state index in [1.54, 1.807) is 6.20 Å². The molecule has 2 N–H and O–H groups in total. The minimum Gasteiger partial charge on any atom is -0.357 e. The van der Waals surface area contributed by atoms with E-state index in [1.165, 1.54) is 0 Å². The van der Waals surface area contributed by atoms with Crippen LogP contribution in [0.2, 0.25) is 0 Å². The summed E-state index contributed by atoms with van der Waals surface area (Å²) in [6.07, 6.45) is 3.72. The van der Waals surface area contributed by atoms with Gasteiger partial charge in [0.05, 0.1) is 18.8 Å². The van der Waals surface area contributed by atoms with Crippen LogP contribution in [0.4, 0.5) is 0 Å². The summed E-state index contributed by atoms with van der Waals surface area (Å²) in [5.41, 5.74) is 1.89. The lowest BCUT2D eigenvalue weighted by molar-refractivity contribution is 0.705. The third kappa shape index (κ3) is 4.22. The van der Waals surface area contributed by atoms with Crippen LogP contribution in [0.15, 0.2) is 41.7 Å². The molecule has 0 bridgehead atoms. The zero-order valence-electron chi connectivity index (χ0n) is 13.7. The summed E-state index contributed by atoms with van der Waals surface area (Å²) in [4.78, 5) is 4.57. The van der Waals surface area contributed by atoms with E-state index in [0.29, 0.717) is 13.1 Å². The van der Waals surface area contributed by atoms with Gasteiger partial charge < -0.3 is 10.6 Å². The third-order valence-corrected chi connectivity index (χ3v) is 3.46. The molecule has 3 heterocycles. The highest BCUT2D eigenvalue weighted by Gasteiger charge is 2.06. The fourth-order valence-electron chi connectivity index (χ4n) is 2.23. The number of nitrogens with zero attached hydrogens (tertiary/aromatic N) is 6. The van der Waals surface area contributed by atoms with Crippen molar-refractivity contribution in [3.63, 3.8) is 0 Å². The Labute approximate surface area is 157 Å². The second-order valence-electron chi connectivity index (χ2n) is 5.04. The minimum atomic E-state index is 0. The monoisotopic (exact) mass is 440 g/mol. The summed E-state index contributed by atoms with van der Waals surface area (Å²) in [5, 5.41) is 19.0. The van der Waals surface area contributed by atoms with Crippen molar-refractivity contribution in [3.05, 3.63) is 48.2 Å². The molecular weight excluding hydrogens is 419 g/mol. The van der Waals surface area contributed by atoms with Crippen molar-refractivity contribution in [2.45, 2.75) is 20.0 Å². The van der Waals surface area contributed by atoms with Crippen LogP contribution < -0.4 is 10.6 Å². The molecule has 0 unspecified atom stereocenters.